The first-order valence-electron chi connectivity index (χ1n) is 6.06. The molecule has 0 aliphatic rings. The smallest absolute Gasteiger partial charge is 0.119 e. The summed E-state index contributed by atoms with van der Waals surface area (Å²) in [6, 6.07) is 12.3. The number of rotatable bonds is 4. The number of hydrogen-bond acceptors (Lipinski definition) is 2. The van der Waals surface area contributed by atoms with Crippen molar-refractivity contribution in [2.24, 2.45) is 0 Å². The van der Waals surface area contributed by atoms with E-state index < -0.39 is 0 Å². The van der Waals surface area contributed by atoms with E-state index in [1.54, 1.807) is 7.11 Å². The third kappa shape index (κ3) is 3.77. The zero-order valence-electron chi connectivity index (χ0n) is 11.1. The minimum absolute atomic E-state index is 0.166. The molecule has 5 heteroatoms. The van der Waals surface area contributed by atoms with Gasteiger partial charge in [-0.1, -0.05) is 28.1 Å². The van der Waals surface area contributed by atoms with Gasteiger partial charge in [0.05, 0.1) is 12.8 Å². The van der Waals surface area contributed by atoms with E-state index in [0.29, 0.717) is 0 Å². The molecule has 0 radical (unpaired) electrons. The van der Waals surface area contributed by atoms with Gasteiger partial charge in [-0.15, -0.1) is 0 Å². The average molecular weight is 464 g/mol. The quantitative estimate of drug-likeness (QED) is 0.586. The Morgan fingerprint density at radius 3 is 2.30 bits per heavy atom. The summed E-state index contributed by atoms with van der Waals surface area (Å²) in [5, 5.41) is 3.50. The van der Waals surface area contributed by atoms with Crippen LogP contribution in [-0.4, -0.2) is 7.11 Å². The van der Waals surface area contributed by atoms with Crippen molar-refractivity contribution >= 4 is 53.5 Å². The Bertz CT molecular complexity index is 593. The number of methoxy groups -OCH3 is 1. The molecule has 20 heavy (non-hydrogen) atoms. The Morgan fingerprint density at radius 2 is 1.70 bits per heavy atom. The molecule has 0 fully saturated rings. The highest BCUT2D eigenvalue weighted by Crippen LogP contribution is 2.36. The SMILES string of the molecule is COc1cccc(C(C)Nc2c(Br)cc(Br)cc2Br)c1. The van der Waals surface area contributed by atoms with Gasteiger partial charge in [0.25, 0.3) is 0 Å². The first kappa shape index (κ1) is 15.9. The van der Waals surface area contributed by atoms with Gasteiger partial charge in [-0.2, -0.15) is 0 Å². The molecule has 2 aromatic rings. The van der Waals surface area contributed by atoms with Crippen molar-refractivity contribution in [3.05, 3.63) is 55.4 Å². The second-order valence-corrected chi connectivity index (χ2v) is 7.01. The average Bonchev–Trinajstić information content (AvgIpc) is 2.42. The van der Waals surface area contributed by atoms with Crippen molar-refractivity contribution in [3.8, 4) is 5.75 Å². The Morgan fingerprint density at radius 1 is 1.05 bits per heavy atom. The molecule has 2 aromatic carbocycles. The predicted octanol–water partition coefficient (Wildman–Crippen LogP) is 6.16. The van der Waals surface area contributed by atoms with E-state index in [1.165, 1.54) is 5.56 Å². The van der Waals surface area contributed by atoms with E-state index in [0.717, 1.165) is 24.9 Å². The third-order valence-electron chi connectivity index (χ3n) is 2.96. The number of nitrogens with one attached hydrogen (secondary N) is 1. The van der Waals surface area contributed by atoms with Crippen LogP contribution >= 0.6 is 47.8 Å². The monoisotopic (exact) mass is 461 g/mol. The van der Waals surface area contributed by atoms with Crippen molar-refractivity contribution in [3.63, 3.8) is 0 Å². The standard InChI is InChI=1S/C15H14Br3NO/c1-9(10-4-3-5-12(6-10)20-2)19-15-13(17)7-11(16)8-14(15)18/h3-9,19H,1-2H3. The summed E-state index contributed by atoms with van der Waals surface area (Å²) in [4.78, 5) is 0. The lowest BCUT2D eigenvalue weighted by atomic mass is 10.1. The fourth-order valence-corrected chi connectivity index (χ4v) is 4.38. The normalized spacial score (nSPS) is 12.1. The van der Waals surface area contributed by atoms with E-state index in [4.69, 9.17) is 4.74 Å². The highest BCUT2D eigenvalue weighted by molar-refractivity contribution is 9.11. The second kappa shape index (κ2) is 6.96. The first-order chi connectivity index (χ1) is 9.51. The summed E-state index contributed by atoms with van der Waals surface area (Å²) in [5.74, 6) is 0.866. The Labute approximate surface area is 144 Å². The Kier molecular flexibility index (Phi) is 5.52. The maximum absolute atomic E-state index is 5.27. The van der Waals surface area contributed by atoms with Crippen LogP contribution in [0, 0.1) is 0 Å². The highest BCUT2D eigenvalue weighted by Gasteiger charge is 2.12. The molecule has 0 saturated carbocycles. The van der Waals surface area contributed by atoms with Gasteiger partial charge in [-0.3, -0.25) is 0 Å². The molecule has 0 aliphatic heterocycles. The van der Waals surface area contributed by atoms with Crippen LogP contribution in [0.15, 0.2) is 49.8 Å². The minimum Gasteiger partial charge on any atom is -0.497 e. The van der Waals surface area contributed by atoms with E-state index in [-0.39, 0.29) is 6.04 Å². The third-order valence-corrected chi connectivity index (χ3v) is 4.67. The molecule has 1 atom stereocenters. The van der Waals surface area contributed by atoms with Crippen LogP contribution in [0.1, 0.15) is 18.5 Å². The van der Waals surface area contributed by atoms with E-state index in [2.05, 4.69) is 66.1 Å². The van der Waals surface area contributed by atoms with Gasteiger partial charge in [-0.25, -0.2) is 0 Å². The zero-order chi connectivity index (χ0) is 14.7. The van der Waals surface area contributed by atoms with E-state index in [1.807, 2.05) is 30.3 Å². The molecule has 0 saturated heterocycles. The van der Waals surface area contributed by atoms with E-state index in [9.17, 15) is 0 Å². The summed E-state index contributed by atoms with van der Waals surface area (Å²) in [5.41, 5.74) is 2.20. The van der Waals surface area contributed by atoms with Crippen LogP contribution in [0.3, 0.4) is 0 Å². The Balaban J connectivity index is 2.25. The topological polar surface area (TPSA) is 21.3 Å². The molecule has 1 N–H and O–H groups in total. The fourth-order valence-electron chi connectivity index (χ4n) is 1.89. The van der Waals surface area contributed by atoms with Crippen molar-refractivity contribution in [1.82, 2.24) is 0 Å². The fraction of sp³-hybridized carbons (Fsp3) is 0.200. The maximum Gasteiger partial charge on any atom is 0.119 e. The van der Waals surface area contributed by atoms with Gasteiger partial charge >= 0.3 is 0 Å². The van der Waals surface area contributed by atoms with Crippen LogP contribution in [0.25, 0.3) is 0 Å². The van der Waals surface area contributed by atoms with Crippen molar-refractivity contribution in [1.29, 1.82) is 0 Å². The predicted molar refractivity (Wildman–Crippen MR) is 94.6 cm³/mol. The molecule has 0 heterocycles. The summed E-state index contributed by atoms with van der Waals surface area (Å²) in [7, 11) is 1.68. The first-order valence-corrected chi connectivity index (χ1v) is 8.44. The van der Waals surface area contributed by atoms with Crippen LogP contribution in [0.5, 0.6) is 5.75 Å². The summed E-state index contributed by atoms with van der Waals surface area (Å²) in [6.07, 6.45) is 0. The highest BCUT2D eigenvalue weighted by atomic mass is 79.9. The lowest BCUT2D eigenvalue weighted by Crippen LogP contribution is -2.07. The molecule has 0 spiro atoms. The lowest BCUT2D eigenvalue weighted by molar-refractivity contribution is 0.414. The zero-order valence-corrected chi connectivity index (χ0v) is 15.8. The van der Waals surface area contributed by atoms with Crippen LogP contribution < -0.4 is 10.1 Å². The van der Waals surface area contributed by atoms with Gasteiger partial charge in [0.1, 0.15) is 5.75 Å². The maximum atomic E-state index is 5.27. The molecule has 2 rings (SSSR count). The minimum atomic E-state index is 0.166. The molecule has 106 valence electrons. The van der Waals surface area contributed by atoms with Crippen molar-refractivity contribution < 1.29 is 4.74 Å². The van der Waals surface area contributed by atoms with Gasteiger partial charge in [0, 0.05) is 19.5 Å². The molecule has 1 unspecified atom stereocenters. The van der Waals surface area contributed by atoms with Crippen LogP contribution in [0.4, 0.5) is 5.69 Å². The number of benzene rings is 2. The second-order valence-electron chi connectivity index (χ2n) is 4.39. The molecule has 2 nitrogen and oxygen atoms in total. The van der Waals surface area contributed by atoms with Crippen LogP contribution in [-0.2, 0) is 0 Å². The number of halogens is 3. The lowest BCUT2D eigenvalue weighted by Gasteiger charge is -2.19. The molecule has 0 amide bonds. The van der Waals surface area contributed by atoms with Crippen molar-refractivity contribution in [2.45, 2.75) is 13.0 Å². The number of anilines is 1. The molecule has 0 aliphatic carbocycles. The van der Waals surface area contributed by atoms with Gasteiger partial charge < -0.3 is 10.1 Å². The molecule has 0 bridgehead atoms. The van der Waals surface area contributed by atoms with Gasteiger partial charge in [0.15, 0.2) is 0 Å². The number of ether oxygens (including phenoxy) is 1. The van der Waals surface area contributed by atoms with E-state index >= 15 is 0 Å². The summed E-state index contributed by atoms with van der Waals surface area (Å²) in [6.45, 7) is 2.12. The largest absolute Gasteiger partial charge is 0.497 e. The van der Waals surface area contributed by atoms with Crippen molar-refractivity contribution in [2.75, 3.05) is 12.4 Å². The van der Waals surface area contributed by atoms with Gasteiger partial charge in [0.2, 0.25) is 0 Å². The van der Waals surface area contributed by atoms with Crippen LogP contribution in [0.2, 0.25) is 0 Å². The molecule has 0 aromatic heterocycles. The number of hydrogen-bond donors (Lipinski definition) is 1. The molecular formula is C15H14Br3NO. The summed E-state index contributed by atoms with van der Waals surface area (Å²) < 4.78 is 8.31. The van der Waals surface area contributed by atoms with Gasteiger partial charge in [-0.05, 0) is 68.6 Å². The Hall–Kier alpha value is -0.520. The molecular weight excluding hydrogens is 450 g/mol. The summed E-state index contributed by atoms with van der Waals surface area (Å²) >= 11 is 10.6.